The van der Waals surface area contributed by atoms with E-state index in [2.05, 4.69) is 4.98 Å². The Morgan fingerprint density at radius 1 is 1.15 bits per heavy atom. The Bertz CT molecular complexity index is 376. The maximum Gasteiger partial charge on any atom is 0.126 e. The maximum absolute atomic E-state index is 5.15. The van der Waals surface area contributed by atoms with E-state index in [0.717, 1.165) is 11.3 Å². The van der Waals surface area contributed by atoms with E-state index < -0.39 is 0 Å². The lowest BCUT2D eigenvalue weighted by atomic mass is 10.2. The van der Waals surface area contributed by atoms with Crippen molar-refractivity contribution in [1.29, 1.82) is 0 Å². The summed E-state index contributed by atoms with van der Waals surface area (Å²) >= 11 is 0. The third-order valence-electron chi connectivity index (χ3n) is 1.67. The second-order valence-corrected chi connectivity index (χ2v) is 2.64. The predicted molar refractivity (Wildman–Crippen MR) is 51.9 cm³/mol. The fourth-order valence-electron chi connectivity index (χ4n) is 1.04. The van der Waals surface area contributed by atoms with Gasteiger partial charge in [0.1, 0.15) is 5.76 Å². The molecule has 0 aliphatic carbocycles. The molecular formula is C11H9NO. The molecule has 64 valence electrons. The molecule has 2 heteroatoms. The van der Waals surface area contributed by atoms with Gasteiger partial charge in [-0.15, -0.1) is 0 Å². The van der Waals surface area contributed by atoms with Gasteiger partial charge in [-0.05, 0) is 35.9 Å². The van der Waals surface area contributed by atoms with Crippen molar-refractivity contribution in [2.75, 3.05) is 0 Å². The highest BCUT2D eigenvalue weighted by molar-refractivity contribution is 5.66. The Morgan fingerprint density at radius 3 is 2.85 bits per heavy atom. The molecule has 0 fully saturated rings. The van der Waals surface area contributed by atoms with Gasteiger partial charge in [0.15, 0.2) is 0 Å². The van der Waals surface area contributed by atoms with E-state index in [-0.39, 0.29) is 0 Å². The van der Waals surface area contributed by atoms with E-state index in [0.29, 0.717) is 0 Å². The molecule has 0 N–H and O–H groups in total. The molecule has 0 unspecified atom stereocenters. The Balaban J connectivity index is 2.15. The predicted octanol–water partition coefficient (Wildman–Crippen LogP) is 2.85. The van der Waals surface area contributed by atoms with Gasteiger partial charge >= 0.3 is 0 Å². The van der Waals surface area contributed by atoms with Crippen LogP contribution in [0.15, 0.2) is 47.3 Å². The van der Waals surface area contributed by atoms with Gasteiger partial charge in [0.05, 0.1) is 6.26 Å². The van der Waals surface area contributed by atoms with E-state index in [1.54, 1.807) is 18.7 Å². The lowest BCUT2D eigenvalue weighted by molar-refractivity contribution is 0.557. The van der Waals surface area contributed by atoms with E-state index in [1.807, 2.05) is 36.4 Å². The fourth-order valence-corrected chi connectivity index (χ4v) is 1.04. The van der Waals surface area contributed by atoms with E-state index in [4.69, 9.17) is 4.42 Å². The first-order valence-electron chi connectivity index (χ1n) is 4.07. The summed E-state index contributed by atoms with van der Waals surface area (Å²) in [7, 11) is 0. The van der Waals surface area contributed by atoms with Crippen LogP contribution in [0.3, 0.4) is 0 Å². The lowest BCUT2D eigenvalue weighted by Gasteiger charge is -1.88. The molecule has 2 nitrogen and oxygen atoms in total. The Labute approximate surface area is 76.5 Å². The molecule has 0 bridgehead atoms. The standard InChI is InChI=1S/C11H9NO/c1-3-10(9-12-7-1)5-6-11-4-2-8-13-11/h1-9H. The van der Waals surface area contributed by atoms with Gasteiger partial charge in [-0.2, -0.15) is 0 Å². The molecule has 0 amide bonds. The summed E-state index contributed by atoms with van der Waals surface area (Å²) in [6.07, 6.45) is 9.09. The summed E-state index contributed by atoms with van der Waals surface area (Å²) < 4.78 is 5.15. The first kappa shape index (κ1) is 7.80. The summed E-state index contributed by atoms with van der Waals surface area (Å²) in [5.74, 6) is 0.851. The maximum atomic E-state index is 5.15. The van der Waals surface area contributed by atoms with Crippen LogP contribution in [0.4, 0.5) is 0 Å². The first-order valence-corrected chi connectivity index (χ1v) is 4.07. The minimum atomic E-state index is 0.851. The van der Waals surface area contributed by atoms with Crippen LogP contribution >= 0.6 is 0 Å². The van der Waals surface area contributed by atoms with Crippen molar-refractivity contribution in [3.63, 3.8) is 0 Å². The van der Waals surface area contributed by atoms with Crippen molar-refractivity contribution in [3.8, 4) is 0 Å². The van der Waals surface area contributed by atoms with Crippen molar-refractivity contribution >= 4 is 12.2 Å². The molecule has 0 saturated heterocycles. The van der Waals surface area contributed by atoms with Crippen molar-refractivity contribution in [3.05, 3.63) is 54.2 Å². The first-order chi connectivity index (χ1) is 6.45. The van der Waals surface area contributed by atoms with E-state index >= 15 is 0 Å². The number of pyridine rings is 1. The van der Waals surface area contributed by atoms with Crippen molar-refractivity contribution in [2.24, 2.45) is 0 Å². The molecule has 13 heavy (non-hydrogen) atoms. The summed E-state index contributed by atoms with van der Waals surface area (Å²) in [4.78, 5) is 4.00. The summed E-state index contributed by atoms with van der Waals surface area (Å²) in [6, 6.07) is 7.67. The highest BCUT2D eigenvalue weighted by Gasteiger charge is 1.87. The number of hydrogen-bond donors (Lipinski definition) is 0. The van der Waals surface area contributed by atoms with Gasteiger partial charge in [0.25, 0.3) is 0 Å². The third kappa shape index (κ3) is 2.06. The molecule has 0 atom stereocenters. The number of rotatable bonds is 2. The molecule has 0 radical (unpaired) electrons. The topological polar surface area (TPSA) is 26.0 Å². The summed E-state index contributed by atoms with van der Waals surface area (Å²) in [5, 5.41) is 0. The van der Waals surface area contributed by atoms with Crippen molar-refractivity contribution < 1.29 is 4.42 Å². The molecule has 2 aromatic heterocycles. The van der Waals surface area contributed by atoms with Gasteiger partial charge in [0.2, 0.25) is 0 Å². The molecule has 0 aliphatic rings. The molecule has 2 rings (SSSR count). The fraction of sp³-hybridized carbons (Fsp3) is 0. The van der Waals surface area contributed by atoms with Crippen molar-refractivity contribution in [2.45, 2.75) is 0 Å². The monoisotopic (exact) mass is 171 g/mol. The number of furan rings is 1. The number of hydrogen-bond acceptors (Lipinski definition) is 2. The van der Waals surface area contributed by atoms with Crippen LogP contribution in [-0.2, 0) is 0 Å². The number of aromatic nitrogens is 1. The van der Waals surface area contributed by atoms with Gasteiger partial charge in [-0.25, -0.2) is 0 Å². The van der Waals surface area contributed by atoms with Crippen LogP contribution in [0, 0.1) is 0 Å². The van der Waals surface area contributed by atoms with Crippen LogP contribution < -0.4 is 0 Å². The van der Waals surface area contributed by atoms with Gasteiger partial charge in [0, 0.05) is 12.4 Å². The Kier molecular flexibility index (Phi) is 2.23. The zero-order valence-electron chi connectivity index (χ0n) is 7.05. The SMILES string of the molecule is C(=Cc1ccco1)c1cccnc1. The molecule has 0 spiro atoms. The molecule has 2 heterocycles. The van der Waals surface area contributed by atoms with Crippen molar-refractivity contribution in [1.82, 2.24) is 4.98 Å². The second kappa shape index (κ2) is 3.72. The minimum absolute atomic E-state index is 0.851. The molecule has 2 aromatic rings. The zero-order valence-corrected chi connectivity index (χ0v) is 7.05. The Morgan fingerprint density at radius 2 is 2.15 bits per heavy atom. The van der Waals surface area contributed by atoms with Crippen LogP contribution in [0.2, 0.25) is 0 Å². The normalized spacial score (nSPS) is 10.8. The summed E-state index contributed by atoms with van der Waals surface area (Å²) in [6.45, 7) is 0. The van der Waals surface area contributed by atoms with E-state index in [9.17, 15) is 0 Å². The Hall–Kier alpha value is -1.83. The van der Waals surface area contributed by atoms with E-state index in [1.165, 1.54) is 0 Å². The zero-order chi connectivity index (χ0) is 8.93. The van der Waals surface area contributed by atoms with Gasteiger partial charge < -0.3 is 4.42 Å². The van der Waals surface area contributed by atoms with Gasteiger partial charge in [-0.1, -0.05) is 6.07 Å². The molecule has 0 aliphatic heterocycles. The molecule has 0 aromatic carbocycles. The number of nitrogens with zero attached hydrogens (tertiary/aromatic N) is 1. The van der Waals surface area contributed by atoms with Crippen LogP contribution in [0.5, 0.6) is 0 Å². The van der Waals surface area contributed by atoms with Crippen LogP contribution in [0.1, 0.15) is 11.3 Å². The minimum Gasteiger partial charge on any atom is -0.465 e. The third-order valence-corrected chi connectivity index (χ3v) is 1.67. The highest BCUT2D eigenvalue weighted by Crippen LogP contribution is 2.06. The van der Waals surface area contributed by atoms with Crippen LogP contribution in [-0.4, -0.2) is 4.98 Å². The second-order valence-electron chi connectivity index (χ2n) is 2.64. The molecular weight excluding hydrogens is 162 g/mol. The molecule has 0 saturated carbocycles. The average Bonchev–Trinajstić information content (AvgIpc) is 2.69. The summed E-state index contributed by atoms with van der Waals surface area (Å²) in [5.41, 5.74) is 1.07. The quantitative estimate of drug-likeness (QED) is 0.694. The lowest BCUT2D eigenvalue weighted by Crippen LogP contribution is -1.72. The average molecular weight is 171 g/mol. The largest absolute Gasteiger partial charge is 0.465 e. The van der Waals surface area contributed by atoms with Crippen LogP contribution in [0.25, 0.3) is 12.2 Å². The smallest absolute Gasteiger partial charge is 0.126 e. The van der Waals surface area contributed by atoms with Gasteiger partial charge in [-0.3, -0.25) is 4.98 Å². The highest BCUT2D eigenvalue weighted by atomic mass is 16.3.